The number of imidazole rings is 1. The van der Waals surface area contributed by atoms with Crippen LogP contribution in [-0.4, -0.2) is 65.8 Å². The van der Waals surface area contributed by atoms with Gasteiger partial charge < -0.3 is 19.1 Å². The lowest BCUT2D eigenvalue weighted by Crippen LogP contribution is -2.48. The fourth-order valence-corrected chi connectivity index (χ4v) is 10.1. The average molecular weight is 663 g/mol. The molecule has 3 fully saturated rings. The smallest absolute Gasteiger partial charge is 0.337 e. The first-order valence-corrected chi connectivity index (χ1v) is 18.1. The summed E-state index contributed by atoms with van der Waals surface area (Å²) < 4.78 is 44.6. The third kappa shape index (κ3) is 5.23. The summed E-state index contributed by atoms with van der Waals surface area (Å²) in [5.74, 6) is 0.0239. The van der Waals surface area contributed by atoms with E-state index in [1.54, 1.807) is 18.2 Å². The van der Waals surface area contributed by atoms with Crippen LogP contribution in [0.5, 0.6) is 5.75 Å². The summed E-state index contributed by atoms with van der Waals surface area (Å²) >= 11 is 5.95. The van der Waals surface area contributed by atoms with E-state index in [-0.39, 0.29) is 28.2 Å². The van der Waals surface area contributed by atoms with E-state index >= 15 is 4.39 Å². The third-order valence-electron chi connectivity index (χ3n) is 10.2. The normalized spacial score (nSPS) is 25.4. The molecule has 4 atom stereocenters. The number of carboxylic acid groups (broad SMARTS) is 1. The van der Waals surface area contributed by atoms with Gasteiger partial charge in [-0.2, -0.15) is 0 Å². The lowest BCUT2D eigenvalue weighted by atomic mass is 9.86. The molecule has 46 heavy (non-hydrogen) atoms. The Morgan fingerprint density at radius 2 is 1.93 bits per heavy atom. The number of likely N-dealkylation sites (tertiary alicyclic amines) is 1. The number of fused-ring (bicyclic) bond motifs is 2. The summed E-state index contributed by atoms with van der Waals surface area (Å²) in [5, 5.41) is 9.93. The van der Waals surface area contributed by atoms with Crippen molar-refractivity contribution in [2.75, 3.05) is 19.7 Å². The monoisotopic (exact) mass is 662 g/mol. The van der Waals surface area contributed by atoms with E-state index in [0.29, 0.717) is 35.1 Å². The Labute approximate surface area is 271 Å². The minimum Gasteiger partial charge on any atom is -0.480 e. The van der Waals surface area contributed by atoms with Crippen LogP contribution >= 0.6 is 11.6 Å². The largest absolute Gasteiger partial charge is 0.480 e. The van der Waals surface area contributed by atoms with Crippen molar-refractivity contribution in [1.82, 2.24) is 19.4 Å². The van der Waals surface area contributed by atoms with E-state index in [4.69, 9.17) is 26.1 Å². The molecule has 1 N–H and O–H groups in total. The van der Waals surface area contributed by atoms with Gasteiger partial charge in [-0.05, 0) is 80.1 Å². The van der Waals surface area contributed by atoms with Gasteiger partial charge in [0.2, 0.25) is 0 Å². The van der Waals surface area contributed by atoms with Crippen LogP contribution in [0.4, 0.5) is 8.78 Å². The second-order valence-corrected chi connectivity index (χ2v) is 15.2. The van der Waals surface area contributed by atoms with Gasteiger partial charge in [-0.1, -0.05) is 35.8 Å². The SMILES string of the molecule is O=C(O)c1cnc2nc(CN3CCC(c4cccc5c4O[C@H](c4ccc(Cl)cc4F)C=C5F)CC3)n([C@@H]3[SiH2]CC3C3CCO3)c2c1. The fraction of sp³-hybridized carbons (Fsp3) is 0.382. The number of para-hydroxylation sites is 1. The number of hydrogen-bond donors (Lipinski definition) is 1. The van der Waals surface area contributed by atoms with E-state index in [1.165, 1.54) is 30.4 Å². The van der Waals surface area contributed by atoms with Gasteiger partial charge in [0.15, 0.2) is 5.65 Å². The molecule has 2 unspecified atom stereocenters. The zero-order valence-electron chi connectivity index (χ0n) is 25.0. The number of piperidine rings is 1. The van der Waals surface area contributed by atoms with Crippen LogP contribution in [-0.2, 0) is 11.3 Å². The summed E-state index contributed by atoms with van der Waals surface area (Å²) in [7, 11) is -0.409. The molecule has 0 saturated carbocycles. The van der Waals surface area contributed by atoms with Crippen molar-refractivity contribution in [1.29, 1.82) is 0 Å². The summed E-state index contributed by atoms with van der Waals surface area (Å²) in [6, 6.07) is 12.8. The predicted molar refractivity (Wildman–Crippen MR) is 172 cm³/mol. The molecule has 8 nitrogen and oxygen atoms in total. The number of rotatable bonds is 7. The number of ether oxygens (including phenoxy) is 2. The van der Waals surface area contributed by atoms with Gasteiger partial charge in [-0.15, -0.1) is 0 Å². The van der Waals surface area contributed by atoms with Crippen molar-refractivity contribution >= 4 is 44.1 Å². The standard InChI is InChI=1S/C34H33ClF2N4O4Si/c35-20-4-5-22(25(36)13-20)29-14-26(37)23-3-1-2-21(31(23)45-29)18-6-9-40(10-7-18)16-30-39-32-27(12-19(15-38-32)34(42)43)41(30)33-24(17-46-33)28-8-11-44-28/h1-5,12-15,18,24,28-29,33H,6-11,16-17,46H2,(H,42,43)/t24?,28?,29-,33+/m0/s1. The second-order valence-electron chi connectivity index (χ2n) is 12.8. The van der Waals surface area contributed by atoms with Crippen molar-refractivity contribution in [3.05, 3.63) is 93.7 Å². The van der Waals surface area contributed by atoms with Crippen molar-refractivity contribution in [3.8, 4) is 5.75 Å². The molecule has 12 heteroatoms. The number of benzene rings is 2. The van der Waals surface area contributed by atoms with Gasteiger partial charge >= 0.3 is 5.97 Å². The quantitative estimate of drug-likeness (QED) is 0.234. The van der Waals surface area contributed by atoms with Crippen LogP contribution in [0.25, 0.3) is 17.0 Å². The van der Waals surface area contributed by atoms with Crippen LogP contribution in [0.1, 0.15) is 69.8 Å². The Morgan fingerprint density at radius 1 is 1.11 bits per heavy atom. The van der Waals surface area contributed by atoms with E-state index in [9.17, 15) is 14.3 Å². The maximum absolute atomic E-state index is 15.3. The highest BCUT2D eigenvalue weighted by Gasteiger charge is 2.43. The first-order chi connectivity index (χ1) is 22.3. The summed E-state index contributed by atoms with van der Waals surface area (Å²) in [6.07, 6.45) is 4.83. The molecule has 2 aromatic heterocycles. The molecule has 0 bridgehead atoms. The first-order valence-electron chi connectivity index (χ1n) is 15.9. The predicted octanol–water partition coefficient (Wildman–Crippen LogP) is 6.25. The van der Waals surface area contributed by atoms with Gasteiger partial charge in [-0.25, -0.2) is 23.5 Å². The highest BCUT2D eigenvalue weighted by molar-refractivity contribution is 6.41. The molecule has 0 spiro atoms. The maximum Gasteiger partial charge on any atom is 0.337 e. The molecule has 4 aliphatic heterocycles. The molecule has 238 valence electrons. The third-order valence-corrected chi connectivity index (χ3v) is 13.0. The minimum atomic E-state index is -0.998. The number of hydrogen-bond acceptors (Lipinski definition) is 6. The Morgan fingerprint density at radius 3 is 2.63 bits per heavy atom. The molecular weight excluding hydrogens is 630 g/mol. The Kier molecular flexibility index (Phi) is 7.67. The molecule has 4 aliphatic rings. The second kappa shape index (κ2) is 11.9. The van der Waals surface area contributed by atoms with Crippen molar-refractivity contribution in [2.24, 2.45) is 5.92 Å². The maximum atomic E-state index is 15.3. The Hall–Kier alpha value is -3.64. The lowest BCUT2D eigenvalue weighted by Gasteiger charge is -2.46. The summed E-state index contributed by atoms with van der Waals surface area (Å²) in [4.78, 5) is 23.5. The van der Waals surface area contributed by atoms with Crippen molar-refractivity contribution < 1.29 is 28.2 Å². The molecule has 0 amide bonds. The number of halogens is 3. The van der Waals surface area contributed by atoms with Crippen LogP contribution in [0.15, 0.2) is 54.7 Å². The number of aromatic nitrogens is 3. The molecule has 0 radical (unpaired) electrons. The van der Waals surface area contributed by atoms with E-state index < -0.39 is 33.2 Å². The van der Waals surface area contributed by atoms with Crippen LogP contribution in [0.2, 0.25) is 11.1 Å². The highest BCUT2D eigenvalue weighted by Crippen LogP contribution is 2.46. The molecular formula is C34H33ClF2N4O4Si. The first kappa shape index (κ1) is 29.7. The molecule has 3 saturated heterocycles. The van der Waals surface area contributed by atoms with Crippen molar-refractivity contribution in [2.45, 2.75) is 55.6 Å². The molecule has 2 aromatic carbocycles. The molecule has 6 heterocycles. The molecule has 8 rings (SSSR count). The molecule has 0 aliphatic carbocycles. The van der Waals surface area contributed by atoms with E-state index in [0.717, 1.165) is 55.9 Å². The Bertz CT molecular complexity index is 1870. The number of carbonyl (C=O) groups is 1. The number of aromatic carboxylic acids is 1. The Balaban J connectivity index is 1.02. The van der Waals surface area contributed by atoms with Gasteiger partial charge in [-0.3, -0.25) is 4.90 Å². The highest BCUT2D eigenvalue weighted by atomic mass is 35.5. The zero-order valence-corrected chi connectivity index (χ0v) is 27.2. The number of pyridine rings is 1. The van der Waals surface area contributed by atoms with Crippen LogP contribution in [0, 0.1) is 11.7 Å². The zero-order chi connectivity index (χ0) is 31.5. The van der Waals surface area contributed by atoms with Crippen LogP contribution < -0.4 is 4.74 Å². The summed E-state index contributed by atoms with van der Waals surface area (Å²) in [5.41, 5.74) is 3.44. The van der Waals surface area contributed by atoms with Crippen LogP contribution in [0.3, 0.4) is 0 Å². The van der Waals surface area contributed by atoms with Gasteiger partial charge in [0.25, 0.3) is 0 Å². The van der Waals surface area contributed by atoms with Gasteiger partial charge in [0.1, 0.15) is 29.3 Å². The topological polar surface area (TPSA) is 89.7 Å². The van der Waals surface area contributed by atoms with Crippen molar-refractivity contribution in [3.63, 3.8) is 0 Å². The lowest BCUT2D eigenvalue weighted by molar-refractivity contribution is -0.0906. The van der Waals surface area contributed by atoms with Gasteiger partial charge in [0, 0.05) is 38.6 Å². The number of carboxylic acids is 1. The minimum absolute atomic E-state index is 0.144. The van der Waals surface area contributed by atoms with E-state index in [2.05, 4.69) is 14.5 Å². The fourth-order valence-electron chi connectivity index (χ4n) is 7.54. The summed E-state index contributed by atoms with van der Waals surface area (Å²) in [6.45, 7) is 3.05. The average Bonchev–Trinajstić information content (AvgIpc) is 3.34. The van der Waals surface area contributed by atoms with Gasteiger partial charge in [0.05, 0.1) is 29.3 Å². The van der Waals surface area contributed by atoms with E-state index in [1.807, 2.05) is 12.1 Å². The number of nitrogens with zero attached hydrogens (tertiary/aromatic N) is 4. The molecule has 4 aromatic rings.